The van der Waals surface area contributed by atoms with Crippen molar-refractivity contribution in [2.75, 3.05) is 31.1 Å². The standard InChI is InChI=1S/C30H36N6O2/c1-18(2)26-17-35(5)28-23(26)13-22(21-6-7-27(32-15-21)36-10-8-31-9-11-36)14-24(28)29(37)33-16-25-19(3)12-20(4)34-30(25)38/h6-7,12-15,17-18,31H,8-11,16H2,1-5H3,(H,33,37)(H,34,38). The van der Waals surface area contributed by atoms with Gasteiger partial charge in [-0.15, -0.1) is 0 Å². The minimum absolute atomic E-state index is 0.161. The molecule has 0 radical (unpaired) electrons. The maximum atomic E-state index is 13.6. The van der Waals surface area contributed by atoms with Crippen molar-refractivity contribution in [3.05, 3.63) is 81.0 Å². The molecule has 3 aromatic heterocycles. The molecule has 3 N–H and O–H groups in total. The molecule has 0 atom stereocenters. The van der Waals surface area contributed by atoms with Gasteiger partial charge in [0.15, 0.2) is 0 Å². The summed E-state index contributed by atoms with van der Waals surface area (Å²) in [4.78, 5) is 36.0. The molecule has 0 aliphatic carbocycles. The summed E-state index contributed by atoms with van der Waals surface area (Å²) in [6.45, 7) is 12.0. The molecule has 1 fully saturated rings. The van der Waals surface area contributed by atoms with Crippen LogP contribution in [0, 0.1) is 13.8 Å². The zero-order chi connectivity index (χ0) is 27.0. The van der Waals surface area contributed by atoms with Gasteiger partial charge in [0.05, 0.1) is 11.1 Å². The van der Waals surface area contributed by atoms with Crippen molar-refractivity contribution >= 4 is 22.6 Å². The summed E-state index contributed by atoms with van der Waals surface area (Å²) in [7, 11) is 1.98. The third-order valence-corrected chi connectivity index (χ3v) is 7.41. The van der Waals surface area contributed by atoms with Crippen LogP contribution in [0.3, 0.4) is 0 Å². The van der Waals surface area contributed by atoms with E-state index in [9.17, 15) is 9.59 Å². The number of aromatic nitrogens is 3. The van der Waals surface area contributed by atoms with Crippen molar-refractivity contribution in [1.82, 2.24) is 25.2 Å². The number of nitrogens with one attached hydrogen (secondary N) is 3. The lowest BCUT2D eigenvalue weighted by Gasteiger charge is -2.28. The molecule has 1 aliphatic rings. The molecule has 0 bridgehead atoms. The molecular weight excluding hydrogens is 476 g/mol. The number of aromatic amines is 1. The number of hydrogen-bond acceptors (Lipinski definition) is 5. The van der Waals surface area contributed by atoms with Crippen molar-refractivity contribution in [2.45, 2.75) is 40.2 Å². The molecule has 1 saturated heterocycles. The molecule has 0 saturated carbocycles. The number of anilines is 1. The van der Waals surface area contributed by atoms with Crippen LogP contribution in [0.2, 0.25) is 0 Å². The molecule has 0 unspecified atom stereocenters. The van der Waals surface area contributed by atoms with Crippen molar-refractivity contribution in [3.63, 3.8) is 0 Å². The molecule has 1 amide bonds. The van der Waals surface area contributed by atoms with Crippen LogP contribution in [0.1, 0.15) is 52.5 Å². The number of carbonyl (C=O) groups is 1. The average Bonchev–Trinajstić information content (AvgIpc) is 3.24. The molecule has 38 heavy (non-hydrogen) atoms. The van der Waals surface area contributed by atoms with E-state index >= 15 is 0 Å². The average molecular weight is 513 g/mol. The second kappa shape index (κ2) is 10.5. The molecule has 198 valence electrons. The Bertz CT molecular complexity index is 1540. The predicted molar refractivity (Wildman–Crippen MR) is 153 cm³/mol. The highest BCUT2D eigenvalue weighted by molar-refractivity contribution is 6.08. The lowest BCUT2D eigenvalue weighted by atomic mass is 9.96. The van der Waals surface area contributed by atoms with E-state index in [1.54, 1.807) is 0 Å². The molecular formula is C30H36N6O2. The quantitative estimate of drug-likeness (QED) is 0.363. The van der Waals surface area contributed by atoms with E-state index in [-0.39, 0.29) is 18.0 Å². The number of aryl methyl sites for hydroxylation is 3. The molecule has 0 spiro atoms. The van der Waals surface area contributed by atoms with E-state index in [0.29, 0.717) is 17.0 Å². The van der Waals surface area contributed by atoms with Gasteiger partial charge >= 0.3 is 0 Å². The first-order valence-corrected chi connectivity index (χ1v) is 13.3. The zero-order valence-electron chi connectivity index (χ0n) is 22.8. The van der Waals surface area contributed by atoms with Crippen LogP contribution in [-0.4, -0.2) is 46.6 Å². The van der Waals surface area contributed by atoms with Gasteiger partial charge in [-0.25, -0.2) is 4.98 Å². The zero-order valence-corrected chi connectivity index (χ0v) is 22.8. The minimum atomic E-state index is -0.210. The number of amides is 1. The van der Waals surface area contributed by atoms with Gasteiger partial charge in [-0.1, -0.05) is 13.8 Å². The number of benzene rings is 1. The molecule has 1 aliphatic heterocycles. The lowest BCUT2D eigenvalue weighted by molar-refractivity contribution is 0.0952. The normalized spacial score (nSPS) is 13.9. The fourth-order valence-electron chi connectivity index (χ4n) is 5.38. The molecule has 4 aromatic rings. The third kappa shape index (κ3) is 4.96. The molecule has 5 rings (SSSR count). The van der Waals surface area contributed by atoms with Crippen LogP contribution >= 0.6 is 0 Å². The van der Waals surface area contributed by atoms with Gasteiger partial charge in [0.2, 0.25) is 0 Å². The topological polar surface area (TPSA) is 95.1 Å². The van der Waals surface area contributed by atoms with Crippen molar-refractivity contribution in [2.24, 2.45) is 7.05 Å². The second-order valence-corrected chi connectivity index (χ2v) is 10.5. The summed E-state index contributed by atoms with van der Waals surface area (Å²) in [5, 5.41) is 7.43. The van der Waals surface area contributed by atoms with Crippen LogP contribution in [0.25, 0.3) is 22.0 Å². The van der Waals surface area contributed by atoms with Crippen LogP contribution in [0.5, 0.6) is 0 Å². The van der Waals surface area contributed by atoms with E-state index in [0.717, 1.165) is 65.3 Å². The number of fused-ring (bicyclic) bond motifs is 1. The van der Waals surface area contributed by atoms with Gasteiger partial charge in [-0.05, 0) is 66.8 Å². The smallest absolute Gasteiger partial charge is 0.253 e. The van der Waals surface area contributed by atoms with Crippen molar-refractivity contribution in [3.8, 4) is 11.1 Å². The highest BCUT2D eigenvalue weighted by Gasteiger charge is 2.20. The van der Waals surface area contributed by atoms with Crippen molar-refractivity contribution < 1.29 is 4.79 Å². The Kier molecular flexibility index (Phi) is 7.08. The lowest BCUT2D eigenvalue weighted by Crippen LogP contribution is -2.43. The van der Waals surface area contributed by atoms with Gasteiger partial charge in [0.1, 0.15) is 5.82 Å². The van der Waals surface area contributed by atoms with E-state index in [1.807, 2.05) is 43.8 Å². The van der Waals surface area contributed by atoms with Crippen LogP contribution in [0.15, 0.2) is 47.5 Å². The van der Waals surface area contributed by atoms with Gasteiger partial charge in [-0.2, -0.15) is 0 Å². The summed E-state index contributed by atoms with van der Waals surface area (Å²) in [6.07, 6.45) is 4.00. The predicted octanol–water partition coefficient (Wildman–Crippen LogP) is 4.01. The van der Waals surface area contributed by atoms with Gasteiger partial charge in [0, 0.05) is 74.4 Å². The fraction of sp³-hybridized carbons (Fsp3) is 0.367. The number of carbonyl (C=O) groups excluding carboxylic acids is 1. The highest BCUT2D eigenvalue weighted by Crippen LogP contribution is 2.34. The van der Waals surface area contributed by atoms with E-state index in [1.165, 1.54) is 5.56 Å². The Labute approximate surface area is 223 Å². The summed E-state index contributed by atoms with van der Waals surface area (Å²) in [5.41, 5.74) is 6.63. The first kappa shape index (κ1) is 25.7. The highest BCUT2D eigenvalue weighted by atomic mass is 16.1. The number of pyridine rings is 2. The monoisotopic (exact) mass is 512 g/mol. The van der Waals surface area contributed by atoms with Crippen LogP contribution in [0.4, 0.5) is 5.82 Å². The summed E-state index contributed by atoms with van der Waals surface area (Å²) in [5.74, 6) is 1.06. The SMILES string of the molecule is Cc1cc(C)c(CNC(=O)c2cc(-c3ccc(N4CCNCC4)nc3)cc3c(C(C)C)cn(C)c23)c(=O)[nH]1. The number of piperazine rings is 1. The maximum Gasteiger partial charge on any atom is 0.253 e. The van der Waals surface area contributed by atoms with Crippen molar-refractivity contribution in [1.29, 1.82) is 0 Å². The maximum absolute atomic E-state index is 13.6. The number of hydrogen-bond donors (Lipinski definition) is 3. The molecule has 1 aromatic carbocycles. The number of H-pyrrole nitrogens is 1. The Morgan fingerprint density at radius 1 is 1.11 bits per heavy atom. The second-order valence-electron chi connectivity index (χ2n) is 10.5. The summed E-state index contributed by atoms with van der Waals surface area (Å²) in [6, 6.07) is 10.2. The number of rotatable bonds is 6. The molecule has 8 nitrogen and oxygen atoms in total. The Balaban J connectivity index is 1.53. The largest absolute Gasteiger partial charge is 0.354 e. The Hall–Kier alpha value is -3.91. The fourth-order valence-corrected chi connectivity index (χ4v) is 5.38. The van der Waals surface area contributed by atoms with Gasteiger partial charge in [0.25, 0.3) is 11.5 Å². The first-order chi connectivity index (χ1) is 18.2. The van der Waals surface area contributed by atoms with E-state index in [2.05, 4.69) is 58.8 Å². The van der Waals surface area contributed by atoms with E-state index in [4.69, 9.17) is 4.98 Å². The van der Waals surface area contributed by atoms with Gasteiger partial charge in [-0.3, -0.25) is 9.59 Å². The molecule has 8 heteroatoms. The Morgan fingerprint density at radius 2 is 1.87 bits per heavy atom. The first-order valence-electron chi connectivity index (χ1n) is 13.3. The van der Waals surface area contributed by atoms with Crippen LogP contribution < -0.4 is 21.1 Å². The van der Waals surface area contributed by atoms with Gasteiger partial charge < -0.3 is 25.1 Å². The summed E-state index contributed by atoms with van der Waals surface area (Å²) >= 11 is 0. The number of nitrogens with zero attached hydrogens (tertiary/aromatic N) is 3. The van der Waals surface area contributed by atoms with Crippen LogP contribution in [-0.2, 0) is 13.6 Å². The Morgan fingerprint density at radius 3 is 2.53 bits per heavy atom. The minimum Gasteiger partial charge on any atom is -0.354 e. The van der Waals surface area contributed by atoms with E-state index < -0.39 is 0 Å². The third-order valence-electron chi connectivity index (χ3n) is 7.41. The summed E-state index contributed by atoms with van der Waals surface area (Å²) < 4.78 is 2.03. The molecule has 4 heterocycles.